The predicted molar refractivity (Wildman–Crippen MR) is 112 cm³/mol. The predicted octanol–water partition coefficient (Wildman–Crippen LogP) is 3.52. The van der Waals surface area contributed by atoms with Crippen molar-refractivity contribution in [3.05, 3.63) is 36.4 Å². The van der Waals surface area contributed by atoms with Crippen LogP contribution >= 0.6 is 0 Å². The van der Waals surface area contributed by atoms with Gasteiger partial charge in [0.15, 0.2) is 0 Å². The molecule has 4 rings (SSSR count). The van der Waals surface area contributed by atoms with E-state index in [-0.39, 0.29) is 6.09 Å². The first-order valence-corrected chi connectivity index (χ1v) is 10.1. The molecule has 4 heterocycles. The lowest BCUT2D eigenvalue weighted by Gasteiger charge is -2.37. The fourth-order valence-electron chi connectivity index (χ4n) is 3.63. The second-order valence-electron chi connectivity index (χ2n) is 8.52. The highest BCUT2D eigenvalue weighted by Crippen LogP contribution is 2.32. The highest BCUT2D eigenvalue weighted by Gasteiger charge is 2.27. The smallest absolute Gasteiger partial charge is 0.410 e. The molecular formula is C21H23F2N7O2. The summed E-state index contributed by atoms with van der Waals surface area (Å²) >= 11 is 0. The maximum atomic E-state index is 13.0. The molecule has 32 heavy (non-hydrogen) atoms. The number of alkyl halides is 2. The van der Waals surface area contributed by atoms with Crippen LogP contribution in [-0.4, -0.2) is 62.2 Å². The topological polar surface area (TPSA) is 91.7 Å². The highest BCUT2D eigenvalue weighted by atomic mass is 19.3. The first kappa shape index (κ1) is 21.5. The molecule has 0 spiro atoms. The molecule has 0 saturated carbocycles. The molecule has 0 bridgehead atoms. The van der Waals surface area contributed by atoms with Crippen molar-refractivity contribution in [1.82, 2.24) is 24.3 Å². The lowest BCUT2D eigenvalue weighted by Crippen LogP contribution is -2.50. The Hall–Kier alpha value is -3.68. The zero-order valence-corrected chi connectivity index (χ0v) is 18.0. The van der Waals surface area contributed by atoms with Crippen LogP contribution in [0.2, 0.25) is 0 Å². The third-order valence-corrected chi connectivity index (χ3v) is 5.12. The molecule has 0 aromatic carbocycles. The number of hydrogen-bond donors (Lipinski definition) is 0. The number of piperazine rings is 1. The summed E-state index contributed by atoms with van der Waals surface area (Å²) in [6.45, 7) is 4.67. The number of halogens is 2. The number of nitriles is 1. The Balaban J connectivity index is 1.65. The molecule has 0 atom stereocenters. The van der Waals surface area contributed by atoms with Crippen LogP contribution in [0.4, 0.5) is 19.3 Å². The Morgan fingerprint density at radius 3 is 2.44 bits per heavy atom. The van der Waals surface area contributed by atoms with Crippen LogP contribution in [0, 0.1) is 11.3 Å². The average molecular weight is 443 g/mol. The lowest BCUT2D eigenvalue weighted by atomic mass is 10.1. The molecule has 1 aliphatic heterocycles. The van der Waals surface area contributed by atoms with Crippen molar-refractivity contribution in [2.45, 2.75) is 32.9 Å². The summed E-state index contributed by atoms with van der Waals surface area (Å²) in [6, 6.07) is 3.99. The largest absolute Gasteiger partial charge is 0.444 e. The van der Waals surface area contributed by atoms with Crippen molar-refractivity contribution in [3.63, 3.8) is 0 Å². The molecule has 0 aliphatic carbocycles. The Morgan fingerprint density at radius 1 is 1.12 bits per heavy atom. The van der Waals surface area contributed by atoms with Gasteiger partial charge in [-0.3, -0.25) is 0 Å². The monoisotopic (exact) mass is 443 g/mol. The average Bonchev–Trinajstić information content (AvgIpc) is 3.39. The molecule has 0 radical (unpaired) electrons. The van der Waals surface area contributed by atoms with Crippen LogP contribution in [0.3, 0.4) is 0 Å². The van der Waals surface area contributed by atoms with Gasteiger partial charge < -0.3 is 14.5 Å². The molecule has 11 heteroatoms. The van der Waals surface area contributed by atoms with E-state index in [4.69, 9.17) is 4.74 Å². The van der Waals surface area contributed by atoms with E-state index in [0.29, 0.717) is 53.1 Å². The molecule has 1 fully saturated rings. The zero-order valence-electron chi connectivity index (χ0n) is 18.0. The van der Waals surface area contributed by atoms with Gasteiger partial charge >= 0.3 is 12.6 Å². The van der Waals surface area contributed by atoms with Gasteiger partial charge in [0.25, 0.3) is 0 Å². The van der Waals surface area contributed by atoms with E-state index >= 15 is 0 Å². The van der Waals surface area contributed by atoms with E-state index in [9.17, 15) is 18.8 Å². The third kappa shape index (κ3) is 4.21. The van der Waals surface area contributed by atoms with Crippen molar-refractivity contribution in [2.24, 2.45) is 0 Å². The third-order valence-electron chi connectivity index (χ3n) is 5.12. The molecule has 0 unspecified atom stereocenters. The Kier molecular flexibility index (Phi) is 5.46. The van der Waals surface area contributed by atoms with Crippen LogP contribution in [0.25, 0.3) is 16.6 Å². The molecule has 3 aromatic rings. The summed E-state index contributed by atoms with van der Waals surface area (Å²) in [6.07, 6.45) is 5.43. The van der Waals surface area contributed by atoms with Crippen LogP contribution in [0.5, 0.6) is 0 Å². The van der Waals surface area contributed by atoms with E-state index in [1.165, 1.54) is 18.6 Å². The molecule has 1 aliphatic rings. The lowest BCUT2D eigenvalue weighted by molar-refractivity contribution is 0.0240. The standard InChI is InChI=1S/C21H23F2N7O2/c1-21(2,3)32-20(31)28-6-4-27(5-7-28)17-8-14(16-11-26-30(13-16)19(22)23)12-29-18(17)15(9-24)10-25-29/h8,10-13,19H,4-7H2,1-3H3. The second kappa shape index (κ2) is 8.11. The second-order valence-corrected chi connectivity index (χ2v) is 8.52. The molecule has 9 nitrogen and oxygen atoms in total. The molecule has 168 valence electrons. The maximum Gasteiger partial charge on any atom is 0.410 e. The molecule has 1 amide bonds. The summed E-state index contributed by atoms with van der Waals surface area (Å²) in [5, 5.41) is 17.5. The van der Waals surface area contributed by atoms with Gasteiger partial charge in [-0.15, -0.1) is 0 Å². The minimum atomic E-state index is -2.73. The van der Waals surface area contributed by atoms with Crippen LogP contribution in [-0.2, 0) is 4.74 Å². The molecule has 0 N–H and O–H groups in total. The van der Waals surface area contributed by atoms with Gasteiger partial charge in [0, 0.05) is 49.7 Å². The number of fused-ring (bicyclic) bond motifs is 1. The van der Waals surface area contributed by atoms with Crippen molar-refractivity contribution in [3.8, 4) is 17.2 Å². The van der Waals surface area contributed by atoms with Gasteiger partial charge in [-0.25, -0.2) is 14.0 Å². The van der Waals surface area contributed by atoms with Crippen LogP contribution in [0.15, 0.2) is 30.9 Å². The first-order valence-electron chi connectivity index (χ1n) is 10.1. The Bertz CT molecular complexity index is 1180. The summed E-state index contributed by atoms with van der Waals surface area (Å²) in [5.74, 6) is 0. The Labute approximate surface area is 183 Å². The summed E-state index contributed by atoms with van der Waals surface area (Å²) in [7, 11) is 0. The quantitative estimate of drug-likeness (QED) is 0.615. The van der Waals surface area contributed by atoms with Gasteiger partial charge in [0.05, 0.1) is 23.6 Å². The number of carbonyl (C=O) groups excluding carboxylic acids is 1. The normalized spacial score (nSPS) is 14.8. The Morgan fingerprint density at radius 2 is 1.84 bits per heavy atom. The van der Waals surface area contributed by atoms with Crippen molar-refractivity contribution >= 4 is 17.3 Å². The molecule has 3 aromatic heterocycles. The number of ether oxygens (including phenoxy) is 1. The van der Waals surface area contributed by atoms with E-state index in [0.717, 1.165) is 5.69 Å². The van der Waals surface area contributed by atoms with Crippen LogP contribution in [0.1, 0.15) is 32.9 Å². The van der Waals surface area contributed by atoms with Crippen molar-refractivity contribution < 1.29 is 18.3 Å². The van der Waals surface area contributed by atoms with E-state index in [1.54, 1.807) is 15.6 Å². The van der Waals surface area contributed by atoms with E-state index in [1.807, 2.05) is 26.8 Å². The maximum absolute atomic E-state index is 13.0. The van der Waals surface area contributed by atoms with Gasteiger partial charge in [-0.05, 0) is 26.8 Å². The zero-order chi connectivity index (χ0) is 23.0. The number of carbonyl (C=O) groups is 1. The minimum Gasteiger partial charge on any atom is -0.444 e. The number of anilines is 1. The van der Waals surface area contributed by atoms with Gasteiger partial charge in [-0.2, -0.15) is 24.2 Å². The van der Waals surface area contributed by atoms with Crippen LogP contribution < -0.4 is 4.90 Å². The molecule has 1 saturated heterocycles. The van der Waals surface area contributed by atoms with Crippen molar-refractivity contribution in [1.29, 1.82) is 5.26 Å². The first-order chi connectivity index (χ1) is 15.2. The van der Waals surface area contributed by atoms with E-state index in [2.05, 4.69) is 21.2 Å². The number of rotatable bonds is 3. The number of aromatic nitrogens is 4. The highest BCUT2D eigenvalue weighted by molar-refractivity contribution is 5.83. The fourth-order valence-corrected chi connectivity index (χ4v) is 3.63. The van der Waals surface area contributed by atoms with Gasteiger partial charge in [0.2, 0.25) is 0 Å². The van der Waals surface area contributed by atoms with Crippen molar-refractivity contribution in [2.75, 3.05) is 31.1 Å². The minimum absolute atomic E-state index is 0.363. The number of pyridine rings is 1. The van der Waals surface area contributed by atoms with E-state index < -0.39 is 12.2 Å². The molecular weight excluding hydrogens is 420 g/mol. The number of nitrogens with zero attached hydrogens (tertiary/aromatic N) is 7. The van der Waals surface area contributed by atoms with Gasteiger partial charge in [0.1, 0.15) is 17.2 Å². The number of amides is 1. The number of hydrogen-bond acceptors (Lipinski definition) is 6. The summed E-state index contributed by atoms with van der Waals surface area (Å²) < 4.78 is 33.5. The summed E-state index contributed by atoms with van der Waals surface area (Å²) in [4.78, 5) is 16.1. The summed E-state index contributed by atoms with van der Waals surface area (Å²) in [5.41, 5.74) is 2.35. The fraction of sp³-hybridized carbons (Fsp3) is 0.429. The SMILES string of the molecule is CC(C)(C)OC(=O)N1CCN(c2cc(-c3cnn(C(F)F)c3)cn3ncc(C#N)c23)CC1. The van der Waals surface area contributed by atoms with Gasteiger partial charge in [-0.1, -0.05) is 0 Å².